The fourth-order valence-electron chi connectivity index (χ4n) is 1.28. The van der Waals surface area contributed by atoms with Gasteiger partial charge in [0.25, 0.3) is 0 Å². The predicted molar refractivity (Wildman–Crippen MR) is 65.5 cm³/mol. The van der Waals surface area contributed by atoms with Gasteiger partial charge in [0.2, 0.25) is 11.7 Å². The van der Waals surface area contributed by atoms with Crippen LogP contribution in [0.3, 0.4) is 0 Å². The maximum atomic E-state index is 5.55. The van der Waals surface area contributed by atoms with Crippen molar-refractivity contribution < 1.29 is 9.26 Å². The molecule has 0 saturated heterocycles. The van der Waals surface area contributed by atoms with Crippen molar-refractivity contribution in [3.8, 4) is 5.75 Å². The summed E-state index contributed by atoms with van der Waals surface area (Å²) >= 11 is 3.39. The molecule has 17 heavy (non-hydrogen) atoms. The van der Waals surface area contributed by atoms with Gasteiger partial charge >= 0.3 is 0 Å². The maximum Gasteiger partial charge on any atom is 0.228 e. The Balaban J connectivity index is 1.95. The van der Waals surface area contributed by atoms with Crippen LogP contribution in [0.4, 0.5) is 0 Å². The summed E-state index contributed by atoms with van der Waals surface area (Å²) in [6.45, 7) is 0.767. The van der Waals surface area contributed by atoms with Crippen LogP contribution in [0.5, 0.6) is 5.75 Å². The molecule has 0 bridgehead atoms. The van der Waals surface area contributed by atoms with Crippen LogP contribution in [-0.4, -0.2) is 16.7 Å². The standard InChI is InChI=1S/C11H12BrN3O2/c12-8-3-1-2-4-9(8)16-7-10-14-11(5-6-13)17-15-10/h1-4H,5-7,13H2. The van der Waals surface area contributed by atoms with E-state index in [1.54, 1.807) is 0 Å². The predicted octanol–water partition coefficient (Wildman–Crippen LogP) is 1.91. The van der Waals surface area contributed by atoms with Crippen LogP contribution in [0.25, 0.3) is 0 Å². The number of nitrogens with two attached hydrogens (primary N) is 1. The van der Waals surface area contributed by atoms with Gasteiger partial charge in [0, 0.05) is 13.0 Å². The fraction of sp³-hybridized carbons (Fsp3) is 0.273. The SMILES string of the molecule is NCCc1nc(COc2ccccc2Br)no1. The first-order chi connectivity index (χ1) is 8.29. The van der Waals surface area contributed by atoms with Crippen LogP contribution >= 0.6 is 15.9 Å². The van der Waals surface area contributed by atoms with Gasteiger partial charge in [-0.05, 0) is 28.1 Å². The lowest BCUT2D eigenvalue weighted by Crippen LogP contribution is -2.03. The highest BCUT2D eigenvalue weighted by Gasteiger charge is 2.07. The van der Waals surface area contributed by atoms with Gasteiger partial charge in [-0.15, -0.1) is 0 Å². The van der Waals surface area contributed by atoms with Crippen molar-refractivity contribution >= 4 is 15.9 Å². The molecule has 1 heterocycles. The maximum absolute atomic E-state index is 5.55. The number of rotatable bonds is 5. The van der Waals surface area contributed by atoms with E-state index in [1.165, 1.54) is 0 Å². The van der Waals surface area contributed by atoms with Crippen molar-refractivity contribution in [2.75, 3.05) is 6.54 Å². The van der Waals surface area contributed by atoms with E-state index in [-0.39, 0.29) is 6.61 Å². The average molecular weight is 298 g/mol. The second kappa shape index (κ2) is 5.79. The number of ether oxygens (including phenoxy) is 1. The third-order valence-electron chi connectivity index (χ3n) is 2.06. The van der Waals surface area contributed by atoms with E-state index < -0.39 is 0 Å². The Morgan fingerprint density at radius 3 is 2.94 bits per heavy atom. The van der Waals surface area contributed by atoms with Crippen molar-refractivity contribution in [3.05, 3.63) is 40.5 Å². The molecule has 1 aromatic heterocycles. The molecule has 0 unspecified atom stereocenters. The van der Waals surface area contributed by atoms with E-state index in [1.807, 2.05) is 24.3 Å². The van der Waals surface area contributed by atoms with Gasteiger partial charge in [-0.25, -0.2) is 0 Å². The Kier molecular flexibility index (Phi) is 4.11. The number of para-hydroxylation sites is 1. The van der Waals surface area contributed by atoms with E-state index in [4.69, 9.17) is 15.0 Å². The normalized spacial score (nSPS) is 10.5. The molecule has 0 amide bonds. The molecule has 5 nitrogen and oxygen atoms in total. The first-order valence-electron chi connectivity index (χ1n) is 5.18. The molecule has 0 radical (unpaired) electrons. The van der Waals surface area contributed by atoms with E-state index in [9.17, 15) is 0 Å². The van der Waals surface area contributed by atoms with Crippen LogP contribution in [0.1, 0.15) is 11.7 Å². The van der Waals surface area contributed by atoms with Gasteiger partial charge in [-0.2, -0.15) is 4.98 Å². The van der Waals surface area contributed by atoms with Gasteiger partial charge in [0.15, 0.2) is 6.61 Å². The minimum absolute atomic E-state index is 0.274. The summed E-state index contributed by atoms with van der Waals surface area (Å²) in [7, 11) is 0. The lowest BCUT2D eigenvalue weighted by molar-refractivity contribution is 0.283. The van der Waals surface area contributed by atoms with Gasteiger partial charge < -0.3 is 15.0 Å². The lowest BCUT2D eigenvalue weighted by Gasteiger charge is -2.04. The minimum atomic E-state index is 0.274. The smallest absolute Gasteiger partial charge is 0.228 e. The zero-order valence-corrected chi connectivity index (χ0v) is 10.7. The second-order valence-electron chi connectivity index (χ2n) is 3.36. The molecular formula is C11H12BrN3O2. The molecule has 0 atom stereocenters. The zero-order chi connectivity index (χ0) is 12.1. The van der Waals surface area contributed by atoms with Gasteiger partial charge in [0.1, 0.15) is 5.75 Å². The molecule has 0 aliphatic rings. The second-order valence-corrected chi connectivity index (χ2v) is 4.22. The third-order valence-corrected chi connectivity index (χ3v) is 2.72. The molecule has 2 N–H and O–H groups in total. The molecule has 0 fully saturated rings. The van der Waals surface area contributed by atoms with Crippen LogP contribution in [0.15, 0.2) is 33.3 Å². The van der Waals surface area contributed by atoms with Crippen molar-refractivity contribution in [3.63, 3.8) is 0 Å². The molecule has 0 spiro atoms. The summed E-state index contributed by atoms with van der Waals surface area (Å²) < 4.78 is 11.4. The van der Waals surface area contributed by atoms with E-state index in [0.717, 1.165) is 10.2 Å². The lowest BCUT2D eigenvalue weighted by atomic mass is 10.3. The monoisotopic (exact) mass is 297 g/mol. The molecular weight excluding hydrogens is 286 g/mol. The zero-order valence-electron chi connectivity index (χ0n) is 9.10. The van der Waals surface area contributed by atoms with E-state index in [2.05, 4.69) is 26.1 Å². The molecule has 90 valence electrons. The molecule has 2 aromatic rings. The molecule has 2 rings (SSSR count). The Morgan fingerprint density at radius 1 is 1.35 bits per heavy atom. The Hall–Kier alpha value is -1.40. The number of hydrogen-bond acceptors (Lipinski definition) is 5. The Labute approximate surface area is 107 Å². The number of halogens is 1. The van der Waals surface area contributed by atoms with Crippen molar-refractivity contribution in [2.24, 2.45) is 5.73 Å². The molecule has 0 aliphatic carbocycles. The number of benzene rings is 1. The van der Waals surface area contributed by atoms with Crippen molar-refractivity contribution in [2.45, 2.75) is 13.0 Å². The molecule has 0 aliphatic heterocycles. The summed E-state index contributed by atoms with van der Waals surface area (Å²) in [6, 6.07) is 7.59. The van der Waals surface area contributed by atoms with Gasteiger partial charge in [0.05, 0.1) is 4.47 Å². The average Bonchev–Trinajstić information content (AvgIpc) is 2.76. The van der Waals surface area contributed by atoms with E-state index in [0.29, 0.717) is 24.7 Å². The molecule has 6 heteroatoms. The van der Waals surface area contributed by atoms with Crippen LogP contribution in [0.2, 0.25) is 0 Å². The number of hydrogen-bond donors (Lipinski definition) is 1. The summed E-state index contributed by atoms with van der Waals surface area (Å²) in [5, 5.41) is 3.80. The van der Waals surface area contributed by atoms with Crippen LogP contribution in [0, 0.1) is 0 Å². The Bertz CT molecular complexity index is 487. The number of nitrogens with zero attached hydrogens (tertiary/aromatic N) is 2. The number of aromatic nitrogens is 2. The van der Waals surface area contributed by atoms with Crippen molar-refractivity contribution in [1.29, 1.82) is 0 Å². The van der Waals surface area contributed by atoms with Crippen LogP contribution < -0.4 is 10.5 Å². The highest BCUT2D eigenvalue weighted by molar-refractivity contribution is 9.10. The fourth-order valence-corrected chi connectivity index (χ4v) is 1.68. The minimum Gasteiger partial charge on any atom is -0.484 e. The third kappa shape index (κ3) is 3.28. The molecule has 0 saturated carbocycles. The van der Waals surface area contributed by atoms with E-state index >= 15 is 0 Å². The van der Waals surface area contributed by atoms with Gasteiger partial charge in [-0.3, -0.25) is 0 Å². The largest absolute Gasteiger partial charge is 0.484 e. The first-order valence-corrected chi connectivity index (χ1v) is 5.98. The summed E-state index contributed by atoms with van der Waals surface area (Å²) in [5.74, 6) is 1.81. The topological polar surface area (TPSA) is 74.2 Å². The van der Waals surface area contributed by atoms with Crippen LogP contribution in [-0.2, 0) is 13.0 Å². The summed E-state index contributed by atoms with van der Waals surface area (Å²) in [5.41, 5.74) is 5.39. The molecule has 1 aromatic carbocycles. The highest BCUT2D eigenvalue weighted by atomic mass is 79.9. The summed E-state index contributed by atoms with van der Waals surface area (Å²) in [6.07, 6.45) is 0.585. The Morgan fingerprint density at radius 2 is 2.18 bits per heavy atom. The highest BCUT2D eigenvalue weighted by Crippen LogP contribution is 2.24. The summed E-state index contributed by atoms with van der Waals surface area (Å²) in [4.78, 5) is 4.15. The van der Waals surface area contributed by atoms with Crippen molar-refractivity contribution in [1.82, 2.24) is 10.1 Å². The van der Waals surface area contributed by atoms with Gasteiger partial charge in [-0.1, -0.05) is 17.3 Å². The first kappa shape index (κ1) is 12.1. The quantitative estimate of drug-likeness (QED) is 0.912.